The van der Waals surface area contributed by atoms with E-state index in [0.29, 0.717) is 11.0 Å². The number of nitrogens with one attached hydrogen (secondary N) is 1. The van der Waals surface area contributed by atoms with Gasteiger partial charge in [-0.3, -0.25) is 4.79 Å². The van der Waals surface area contributed by atoms with E-state index in [4.69, 9.17) is 0 Å². The summed E-state index contributed by atoms with van der Waals surface area (Å²) in [4.78, 5) is 20.3. The van der Waals surface area contributed by atoms with Crippen molar-refractivity contribution in [3.05, 3.63) is 23.0 Å². The fourth-order valence-electron chi connectivity index (χ4n) is 4.32. The van der Waals surface area contributed by atoms with E-state index < -0.39 is 0 Å². The molecule has 0 unspecified atom stereocenters. The van der Waals surface area contributed by atoms with Crippen molar-refractivity contribution in [3.63, 3.8) is 0 Å². The van der Waals surface area contributed by atoms with Crippen LogP contribution in [0.5, 0.6) is 0 Å². The van der Waals surface area contributed by atoms with Gasteiger partial charge >= 0.3 is 0 Å². The molecule has 0 spiro atoms. The fraction of sp³-hybridized carbons (Fsp3) is 0.667. The van der Waals surface area contributed by atoms with Gasteiger partial charge in [0.15, 0.2) is 5.65 Å². The summed E-state index contributed by atoms with van der Waals surface area (Å²) in [7, 11) is 0. The van der Waals surface area contributed by atoms with Crippen LogP contribution in [0.4, 0.5) is 0 Å². The molecule has 0 atom stereocenters. The minimum Gasteiger partial charge on any atom is -0.351 e. The lowest BCUT2D eigenvalue weighted by molar-refractivity contribution is 0.0941. The van der Waals surface area contributed by atoms with Crippen LogP contribution in [0, 0.1) is 19.3 Å². The number of aromatic nitrogens is 3. The second-order valence-corrected chi connectivity index (χ2v) is 8.80. The molecule has 0 bridgehead atoms. The molecular weight excluding hydrogens is 338 g/mol. The van der Waals surface area contributed by atoms with Gasteiger partial charge in [0.05, 0.1) is 16.6 Å². The minimum atomic E-state index is 0.00426. The summed E-state index contributed by atoms with van der Waals surface area (Å²) in [5, 5.41) is 8.75. The minimum absolute atomic E-state index is 0.00426. The van der Waals surface area contributed by atoms with Gasteiger partial charge in [0.2, 0.25) is 0 Å². The SMILES string of the molecule is Cc1cc(C(=O)NCC2(CN3CCCC3)CC2)c2c(C)nn(C(C)C)c2n1. The first-order valence-electron chi connectivity index (χ1n) is 10.3. The van der Waals surface area contributed by atoms with Crippen molar-refractivity contribution < 1.29 is 4.79 Å². The van der Waals surface area contributed by atoms with E-state index in [2.05, 4.69) is 34.1 Å². The monoisotopic (exact) mass is 369 g/mol. The lowest BCUT2D eigenvalue weighted by atomic mass is 10.1. The van der Waals surface area contributed by atoms with E-state index in [1.54, 1.807) is 0 Å². The van der Waals surface area contributed by atoms with Crippen molar-refractivity contribution in [1.82, 2.24) is 25.0 Å². The van der Waals surface area contributed by atoms with Crippen LogP contribution in [0.1, 0.15) is 67.3 Å². The Morgan fingerprint density at radius 2 is 1.96 bits per heavy atom. The fourth-order valence-corrected chi connectivity index (χ4v) is 4.32. The molecule has 2 aliphatic rings. The van der Waals surface area contributed by atoms with Crippen molar-refractivity contribution in [2.24, 2.45) is 5.41 Å². The highest BCUT2D eigenvalue weighted by Gasteiger charge is 2.44. The third kappa shape index (κ3) is 3.59. The lowest BCUT2D eigenvalue weighted by Gasteiger charge is -2.23. The number of carbonyl (C=O) groups is 1. The molecule has 2 aromatic heterocycles. The molecule has 146 valence electrons. The van der Waals surface area contributed by atoms with Gasteiger partial charge in [-0.1, -0.05) is 0 Å². The quantitative estimate of drug-likeness (QED) is 0.849. The molecule has 1 aliphatic heterocycles. The third-order valence-corrected chi connectivity index (χ3v) is 6.04. The highest BCUT2D eigenvalue weighted by atomic mass is 16.1. The van der Waals surface area contributed by atoms with Gasteiger partial charge in [-0.25, -0.2) is 9.67 Å². The molecule has 1 N–H and O–H groups in total. The molecule has 0 radical (unpaired) electrons. The van der Waals surface area contributed by atoms with Crippen molar-refractivity contribution in [1.29, 1.82) is 0 Å². The Labute approximate surface area is 161 Å². The van der Waals surface area contributed by atoms with Gasteiger partial charge in [0.1, 0.15) is 0 Å². The van der Waals surface area contributed by atoms with Crippen LogP contribution in [0.25, 0.3) is 11.0 Å². The van der Waals surface area contributed by atoms with Crippen molar-refractivity contribution in [3.8, 4) is 0 Å². The number of rotatable bonds is 6. The number of nitrogens with zero attached hydrogens (tertiary/aromatic N) is 4. The van der Waals surface area contributed by atoms with E-state index in [1.807, 2.05) is 24.6 Å². The van der Waals surface area contributed by atoms with Crippen molar-refractivity contribution in [2.45, 2.75) is 59.4 Å². The largest absolute Gasteiger partial charge is 0.351 e. The summed E-state index contributed by atoms with van der Waals surface area (Å²) >= 11 is 0. The Hall–Kier alpha value is -1.95. The van der Waals surface area contributed by atoms with Gasteiger partial charge < -0.3 is 10.2 Å². The van der Waals surface area contributed by atoms with Crippen LogP contribution in [0.15, 0.2) is 6.07 Å². The number of hydrogen-bond donors (Lipinski definition) is 1. The standard InChI is InChI=1S/C21H31N5O/c1-14(2)26-19-18(16(4)24-26)17(11-15(3)23-19)20(27)22-12-21(7-8-21)13-25-9-5-6-10-25/h11,14H,5-10,12-13H2,1-4H3,(H,22,27). The molecule has 2 fully saturated rings. The number of fused-ring (bicyclic) bond motifs is 1. The molecule has 6 nitrogen and oxygen atoms in total. The molecule has 3 heterocycles. The predicted molar refractivity (Wildman–Crippen MR) is 107 cm³/mol. The zero-order valence-corrected chi connectivity index (χ0v) is 17.0. The van der Waals surface area contributed by atoms with Crippen molar-refractivity contribution in [2.75, 3.05) is 26.2 Å². The predicted octanol–water partition coefficient (Wildman–Crippen LogP) is 3.23. The van der Waals surface area contributed by atoms with E-state index in [1.165, 1.54) is 38.8 Å². The van der Waals surface area contributed by atoms with Crippen LogP contribution in [-0.2, 0) is 0 Å². The Bertz CT molecular complexity index is 859. The Kier molecular flexibility index (Phi) is 4.70. The smallest absolute Gasteiger partial charge is 0.252 e. The van der Waals surface area contributed by atoms with Crippen LogP contribution in [0.2, 0.25) is 0 Å². The van der Waals surface area contributed by atoms with Crippen LogP contribution >= 0.6 is 0 Å². The number of likely N-dealkylation sites (tertiary alicyclic amines) is 1. The summed E-state index contributed by atoms with van der Waals surface area (Å²) in [6.45, 7) is 12.4. The molecule has 6 heteroatoms. The molecule has 1 aliphatic carbocycles. The first-order valence-corrected chi connectivity index (χ1v) is 10.3. The van der Waals surface area contributed by atoms with E-state index >= 15 is 0 Å². The summed E-state index contributed by atoms with van der Waals surface area (Å²) < 4.78 is 1.92. The van der Waals surface area contributed by atoms with E-state index in [-0.39, 0.29) is 11.9 Å². The maximum atomic E-state index is 13.1. The molecule has 4 rings (SSSR count). The maximum absolute atomic E-state index is 13.1. The number of hydrogen-bond acceptors (Lipinski definition) is 4. The Balaban J connectivity index is 1.54. The average molecular weight is 370 g/mol. The number of pyridine rings is 1. The summed E-state index contributed by atoms with van der Waals surface area (Å²) in [5.74, 6) is 0.00426. The highest BCUT2D eigenvalue weighted by Crippen LogP contribution is 2.46. The molecule has 1 saturated heterocycles. The van der Waals surface area contributed by atoms with Crippen LogP contribution in [-0.4, -0.2) is 51.8 Å². The third-order valence-electron chi connectivity index (χ3n) is 6.04. The summed E-state index contributed by atoms with van der Waals surface area (Å²) in [5.41, 5.74) is 3.53. The molecule has 2 aromatic rings. The molecule has 0 aromatic carbocycles. The van der Waals surface area contributed by atoms with Crippen LogP contribution in [0.3, 0.4) is 0 Å². The highest BCUT2D eigenvalue weighted by molar-refractivity contribution is 6.06. The molecule has 27 heavy (non-hydrogen) atoms. The van der Waals surface area contributed by atoms with Crippen molar-refractivity contribution >= 4 is 16.9 Å². The second-order valence-electron chi connectivity index (χ2n) is 8.80. The van der Waals surface area contributed by atoms with Gasteiger partial charge in [-0.15, -0.1) is 0 Å². The topological polar surface area (TPSA) is 63.1 Å². The van der Waals surface area contributed by atoms with Crippen LogP contribution < -0.4 is 5.32 Å². The van der Waals surface area contributed by atoms with Gasteiger partial charge in [0, 0.05) is 30.2 Å². The average Bonchev–Trinajstić information content (AvgIpc) is 3.02. The maximum Gasteiger partial charge on any atom is 0.252 e. The first-order chi connectivity index (χ1) is 12.9. The zero-order valence-electron chi connectivity index (χ0n) is 17.0. The number of amides is 1. The normalized spacial score (nSPS) is 19.1. The van der Waals surface area contributed by atoms with E-state index in [0.717, 1.165) is 35.5 Å². The molecule has 1 saturated carbocycles. The van der Waals surface area contributed by atoms with Gasteiger partial charge in [-0.2, -0.15) is 5.10 Å². The Morgan fingerprint density at radius 3 is 2.59 bits per heavy atom. The molecule has 1 amide bonds. The lowest BCUT2D eigenvalue weighted by Crippen LogP contribution is -2.37. The van der Waals surface area contributed by atoms with E-state index in [9.17, 15) is 4.79 Å². The van der Waals surface area contributed by atoms with Gasteiger partial charge in [-0.05, 0) is 72.5 Å². The Morgan fingerprint density at radius 1 is 1.26 bits per heavy atom. The number of aryl methyl sites for hydroxylation is 2. The zero-order chi connectivity index (χ0) is 19.2. The summed E-state index contributed by atoms with van der Waals surface area (Å²) in [6.07, 6.45) is 5.07. The molecular formula is C21H31N5O. The number of carbonyl (C=O) groups excluding carboxylic acids is 1. The second kappa shape index (κ2) is 6.89. The van der Waals surface area contributed by atoms with Gasteiger partial charge in [0.25, 0.3) is 5.91 Å². The first kappa shape index (κ1) is 18.4. The summed E-state index contributed by atoms with van der Waals surface area (Å²) in [6, 6.07) is 2.11.